The van der Waals surface area contributed by atoms with E-state index in [1.807, 2.05) is 0 Å². The van der Waals surface area contributed by atoms with Gasteiger partial charge in [-0.3, -0.25) is 10.1 Å². The lowest BCUT2D eigenvalue weighted by atomic mass is 10.3. The first-order chi connectivity index (χ1) is 9.13. The van der Waals surface area contributed by atoms with Gasteiger partial charge in [0.2, 0.25) is 0 Å². The third-order valence-electron chi connectivity index (χ3n) is 2.59. The predicted molar refractivity (Wildman–Crippen MR) is 72.7 cm³/mol. The number of nitro groups is 1. The fourth-order valence-electron chi connectivity index (χ4n) is 1.39. The van der Waals surface area contributed by atoms with E-state index in [9.17, 15) is 26.6 Å². The quantitative estimate of drug-likeness (QED) is 0.469. The van der Waals surface area contributed by atoms with Gasteiger partial charge in [0.25, 0.3) is 5.69 Å². The Balaban J connectivity index is 3.59. The van der Waals surface area contributed by atoms with Crippen molar-refractivity contribution < 1.29 is 21.4 Å². The van der Waals surface area contributed by atoms with E-state index in [0.717, 1.165) is 12.1 Å². The van der Waals surface area contributed by atoms with Gasteiger partial charge in [-0.25, -0.2) is 4.21 Å². The van der Waals surface area contributed by atoms with Crippen LogP contribution in [0.25, 0.3) is 0 Å². The van der Waals surface area contributed by atoms with Crippen LogP contribution in [-0.4, -0.2) is 29.1 Å². The number of hydrogen-bond donors (Lipinski definition) is 0. The Hall–Kier alpha value is -1.55. The number of nitro benzene ring substituents is 1. The summed E-state index contributed by atoms with van der Waals surface area (Å²) in [7, 11) is -7.69. The molecule has 0 bridgehead atoms. The molecule has 7 nitrogen and oxygen atoms in total. The molecule has 0 saturated heterocycles. The van der Waals surface area contributed by atoms with E-state index >= 15 is 0 Å². The van der Waals surface area contributed by atoms with Crippen LogP contribution in [-0.2, 0) is 20.0 Å². The second kappa shape index (κ2) is 5.83. The Morgan fingerprint density at radius 3 is 2.20 bits per heavy atom. The average molecular weight is 324 g/mol. The lowest BCUT2D eigenvalue weighted by molar-refractivity contribution is -0.384. The lowest BCUT2D eigenvalue weighted by Gasteiger charge is -2.05. The minimum absolute atomic E-state index is 0.198. The Morgan fingerprint density at radius 2 is 1.80 bits per heavy atom. The van der Waals surface area contributed by atoms with Gasteiger partial charge in [-0.2, -0.15) is 12.8 Å². The highest BCUT2D eigenvalue weighted by molar-refractivity contribution is 7.93. The molecular weight excluding hydrogens is 311 g/mol. The minimum Gasteiger partial charge on any atom is -0.258 e. The van der Waals surface area contributed by atoms with E-state index in [4.69, 9.17) is 0 Å². The molecule has 0 aliphatic heterocycles. The van der Waals surface area contributed by atoms with E-state index < -0.39 is 35.5 Å². The maximum atomic E-state index is 12.8. The molecule has 0 amide bonds. The molecule has 0 N–H and O–H groups in total. The highest BCUT2D eigenvalue weighted by Crippen LogP contribution is 2.31. The first-order valence-electron chi connectivity index (χ1n) is 5.58. The van der Waals surface area contributed by atoms with Gasteiger partial charge >= 0.3 is 10.2 Å². The molecule has 0 aliphatic rings. The summed E-state index contributed by atoms with van der Waals surface area (Å²) in [6.07, 6.45) is 0. The second-order valence-corrected chi connectivity index (χ2v) is 8.02. The van der Waals surface area contributed by atoms with Gasteiger partial charge in [-0.1, -0.05) is 13.8 Å². The van der Waals surface area contributed by atoms with E-state index in [-0.39, 0.29) is 17.2 Å². The molecule has 0 fully saturated rings. The molecule has 1 rings (SSSR count). The summed E-state index contributed by atoms with van der Waals surface area (Å²) in [6, 6.07) is 2.40. The predicted octanol–water partition coefficient (Wildman–Crippen LogP) is 2.39. The van der Waals surface area contributed by atoms with Crippen LogP contribution in [0.4, 0.5) is 15.3 Å². The number of halogens is 1. The fraction of sp³-hybridized carbons (Fsp3) is 0.400. The molecule has 0 aromatic heterocycles. The van der Waals surface area contributed by atoms with Crippen molar-refractivity contribution in [2.45, 2.75) is 18.7 Å². The Morgan fingerprint density at radius 1 is 1.25 bits per heavy atom. The first-order valence-corrected chi connectivity index (χ1v) is 8.82. The molecule has 1 aromatic carbocycles. The van der Waals surface area contributed by atoms with Gasteiger partial charge in [-0.15, -0.1) is 3.89 Å². The van der Waals surface area contributed by atoms with E-state index in [1.54, 1.807) is 13.8 Å². The number of nitrogens with zero attached hydrogens (tertiary/aromatic N) is 2. The van der Waals surface area contributed by atoms with Crippen LogP contribution in [0.2, 0.25) is 0 Å². The number of rotatable bonds is 5. The zero-order chi connectivity index (χ0) is 15.6. The fourth-order valence-corrected chi connectivity index (χ4v) is 3.05. The molecule has 0 aliphatic carbocycles. The zero-order valence-electron chi connectivity index (χ0n) is 10.8. The monoisotopic (exact) mass is 324 g/mol. The van der Waals surface area contributed by atoms with Crippen molar-refractivity contribution >= 4 is 31.3 Å². The molecule has 0 unspecified atom stereocenters. The summed E-state index contributed by atoms with van der Waals surface area (Å²) >= 11 is 0. The molecular formula is C10H13FN2O5S2. The van der Waals surface area contributed by atoms with Crippen LogP contribution in [0.5, 0.6) is 0 Å². The molecule has 0 radical (unpaired) electrons. The van der Waals surface area contributed by atoms with E-state index in [2.05, 4.69) is 4.36 Å². The van der Waals surface area contributed by atoms with Crippen LogP contribution in [0.3, 0.4) is 0 Å². The van der Waals surface area contributed by atoms with E-state index in [1.165, 1.54) is 0 Å². The highest BCUT2D eigenvalue weighted by atomic mass is 32.3. The first kappa shape index (κ1) is 16.5. The Labute approximate surface area is 116 Å². The lowest BCUT2D eigenvalue weighted by Crippen LogP contribution is -2.05. The van der Waals surface area contributed by atoms with Crippen LogP contribution >= 0.6 is 0 Å². The van der Waals surface area contributed by atoms with E-state index in [0.29, 0.717) is 6.07 Å². The van der Waals surface area contributed by atoms with Crippen molar-refractivity contribution in [2.75, 3.05) is 11.5 Å². The Bertz CT molecular complexity index is 741. The smallest absolute Gasteiger partial charge is 0.258 e. The van der Waals surface area contributed by atoms with Gasteiger partial charge in [0.15, 0.2) is 5.69 Å². The van der Waals surface area contributed by atoms with Gasteiger partial charge in [-0.05, 0) is 12.1 Å². The Kier molecular flexibility index (Phi) is 4.81. The van der Waals surface area contributed by atoms with Crippen LogP contribution in [0, 0.1) is 10.1 Å². The molecule has 0 saturated carbocycles. The molecule has 10 heteroatoms. The summed E-state index contributed by atoms with van der Waals surface area (Å²) in [6.45, 7) is 3.25. The second-order valence-electron chi connectivity index (χ2n) is 3.79. The molecule has 20 heavy (non-hydrogen) atoms. The van der Waals surface area contributed by atoms with Gasteiger partial charge in [0.05, 0.1) is 14.7 Å². The third-order valence-corrected chi connectivity index (χ3v) is 5.74. The minimum atomic E-state index is -5.05. The summed E-state index contributed by atoms with van der Waals surface area (Å²) in [5.74, 6) is 0.396. The van der Waals surface area contributed by atoms with Crippen LogP contribution in [0.15, 0.2) is 27.5 Å². The zero-order valence-corrected chi connectivity index (χ0v) is 12.4. The van der Waals surface area contributed by atoms with Crippen molar-refractivity contribution in [3.8, 4) is 0 Å². The molecule has 0 spiro atoms. The largest absolute Gasteiger partial charge is 0.332 e. The third kappa shape index (κ3) is 3.73. The van der Waals surface area contributed by atoms with Crippen LogP contribution < -0.4 is 0 Å². The standard InChI is InChI=1S/C10H13FN2O5S2/c1-3-19(16,4-2)12-9-6-5-8(20(11,17)18)7-10(9)13(14)15/h5-7H,3-4H2,1-2H3. The van der Waals surface area contributed by atoms with Crippen molar-refractivity contribution in [3.05, 3.63) is 28.3 Å². The highest BCUT2D eigenvalue weighted by Gasteiger charge is 2.21. The van der Waals surface area contributed by atoms with Gasteiger partial charge in [0.1, 0.15) is 4.90 Å². The van der Waals surface area contributed by atoms with Crippen molar-refractivity contribution in [1.82, 2.24) is 0 Å². The topological polar surface area (TPSA) is 107 Å². The average Bonchev–Trinajstić information content (AvgIpc) is 2.37. The summed E-state index contributed by atoms with van der Waals surface area (Å²) in [5, 5.41) is 10.9. The normalized spacial score (nSPS) is 12.2. The van der Waals surface area contributed by atoms with Crippen LogP contribution in [0.1, 0.15) is 13.8 Å². The summed E-state index contributed by atoms with van der Waals surface area (Å²) in [5.41, 5.74) is -0.922. The van der Waals surface area contributed by atoms with Crippen molar-refractivity contribution in [3.63, 3.8) is 0 Å². The van der Waals surface area contributed by atoms with Gasteiger partial charge < -0.3 is 0 Å². The molecule has 0 atom stereocenters. The summed E-state index contributed by atoms with van der Waals surface area (Å²) < 4.78 is 50.3. The molecule has 1 aromatic rings. The van der Waals surface area contributed by atoms with Crippen molar-refractivity contribution in [1.29, 1.82) is 0 Å². The maximum Gasteiger partial charge on any atom is 0.332 e. The molecule has 112 valence electrons. The number of benzene rings is 1. The van der Waals surface area contributed by atoms with Gasteiger partial charge in [0, 0.05) is 17.6 Å². The number of hydrogen-bond acceptors (Lipinski definition) is 6. The maximum absolute atomic E-state index is 12.8. The molecule has 0 heterocycles. The SMILES string of the molecule is CCS(=O)(CC)=Nc1ccc(S(=O)(=O)F)cc1[N+](=O)[O-]. The van der Waals surface area contributed by atoms with Crippen molar-refractivity contribution in [2.24, 2.45) is 4.36 Å². The summed E-state index contributed by atoms with van der Waals surface area (Å²) in [4.78, 5) is 9.18.